The molecule has 0 aliphatic carbocycles. The van der Waals surface area contributed by atoms with Gasteiger partial charge in [-0.25, -0.2) is 9.78 Å². The number of pyridine rings is 2. The molecule has 0 bridgehead atoms. The Balaban J connectivity index is 2.27. The van der Waals surface area contributed by atoms with Crippen LogP contribution in [0.4, 0.5) is 11.5 Å². The number of hydrogen-bond donors (Lipinski definition) is 2. The highest BCUT2D eigenvalue weighted by atomic mass is 16.4. The number of aromatic carboxylic acids is 1. The Hall–Kier alpha value is -2.63. The minimum absolute atomic E-state index is 0.0616. The molecule has 0 unspecified atom stereocenters. The highest BCUT2D eigenvalue weighted by molar-refractivity contribution is 5.96. The molecular weight excluding hydrogens is 244 g/mol. The lowest BCUT2D eigenvalue weighted by Gasteiger charge is -2.20. The van der Waals surface area contributed by atoms with Crippen molar-refractivity contribution in [2.75, 3.05) is 17.7 Å². The number of carboxylic acids is 1. The van der Waals surface area contributed by atoms with Gasteiger partial charge in [-0.2, -0.15) is 0 Å². The molecule has 0 saturated carbocycles. The van der Waals surface area contributed by atoms with E-state index in [4.69, 9.17) is 10.8 Å². The molecule has 19 heavy (non-hydrogen) atoms. The molecule has 0 aliphatic heterocycles. The zero-order valence-corrected chi connectivity index (χ0v) is 10.4. The predicted octanol–water partition coefficient (Wildman–Crippen LogP) is 1.39. The van der Waals surface area contributed by atoms with Gasteiger partial charge in [0.1, 0.15) is 0 Å². The van der Waals surface area contributed by atoms with Gasteiger partial charge >= 0.3 is 5.97 Å². The Kier molecular flexibility index (Phi) is 3.61. The fraction of sp³-hybridized carbons (Fsp3) is 0.154. The number of nitrogen functional groups attached to an aromatic ring is 1. The lowest BCUT2D eigenvalue weighted by molar-refractivity contribution is 0.0698. The molecule has 0 aliphatic rings. The minimum atomic E-state index is -1.06. The van der Waals surface area contributed by atoms with E-state index in [1.807, 2.05) is 19.2 Å². The van der Waals surface area contributed by atoms with Crippen LogP contribution in [0.15, 0.2) is 36.8 Å². The van der Waals surface area contributed by atoms with Gasteiger partial charge in [0.05, 0.1) is 11.3 Å². The summed E-state index contributed by atoms with van der Waals surface area (Å²) in [5.41, 5.74) is 7.12. The van der Waals surface area contributed by atoms with E-state index in [0.717, 1.165) is 5.56 Å². The van der Waals surface area contributed by atoms with Gasteiger partial charge in [-0.3, -0.25) is 4.98 Å². The Morgan fingerprint density at radius 1 is 1.32 bits per heavy atom. The molecule has 0 amide bonds. The summed E-state index contributed by atoms with van der Waals surface area (Å²) in [4.78, 5) is 20.9. The molecule has 6 nitrogen and oxygen atoms in total. The maximum absolute atomic E-state index is 11.0. The second-order valence-corrected chi connectivity index (χ2v) is 4.11. The molecule has 98 valence electrons. The van der Waals surface area contributed by atoms with Crippen LogP contribution in [0.2, 0.25) is 0 Å². The van der Waals surface area contributed by atoms with Crippen molar-refractivity contribution in [3.63, 3.8) is 0 Å². The first-order chi connectivity index (χ1) is 9.09. The van der Waals surface area contributed by atoms with Gasteiger partial charge in [-0.15, -0.1) is 0 Å². The summed E-state index contributed by atoms with van der Waals surface area (Å²) in [6, 6.07) is 5.16. The molecular formula is C13H14N4O2. The summed E-state index contributed by atoms with van der Waals surface area (Å²) in [5.74, 6) is -0.602. The normalized spacial score (nSPS) is 10.2. The fourth-order valence-electron chi connectivity index (χ4n) is 1.79. The molecule has 2 aromatic rings. The Morgan fingerprint density at radius 2 is 2.00 bits per heavy atom. The van der Waals surface area contributed by atoms with Crippen LogP contribution in [0.3, 0.4) is 0 Å². The summed E-state index contributed by atoms with van der Waals surface area (Å²) < 4.78 is 0. The van der Waals surface area contributed by atoms with Crippen LogP contribution in [-0.2, 0) is 6.54 Å². The van der Waals surface area contributed by atoms with Crippen molar-refractivity contribution in [2.24, 2.45) is 0 Å². The molecule has 6 heteroatoms. The predicted molar refractivity (Wildman–Crippen MR) is 72.0 cm³/mol. The number of nitrogens with zero attached hydrogens (tertiary/aromatic N) is 3. The molecule has 0 fully saturated rings. The highest BCUT2D eigenvalue weighted by Crippen LogP contribution is 2.24. The number of rotatable bonds is 4. The van der Waals surface area contributed by atoms with Crippen molar-refractivity contribution in [1.82, 2.24) is 9.97 Å². The van der Waals surface area contributed by atoms with Crippen molar-refractivity contribution in [1.29, 1.82) is 0 Å². The Labute approximate surface area is 110 Å². The molecule has 2 aromatic heterocycles. The lowest BCUT2D eigenvalue weighted by Crippen LogP contribution is -2.20. The molecule has 0 saturated heterocycles. The maximum atomic E-state index is 11.0. The van der Waals surface area contributed by atoms with E-state index in [-0.39, 0.29) is 11.3 Å². The zero-order valence-electron chi connectivity index (χ0n) is 10.4. The van der Waals surface area contributed by atoms with Gasteiger partial charge in [0.15, 0.2) is 5.82 Å². The minimum Gasteiger partial charge on any atom is -0.478 e. The van der Waals surface area contributed by atoms with Gasteiger partial charge in [-0.05, 0) is 23.8 Å². The van der Waals surface area contributed by atoms with E-state index in [2.05, 4.69) is 9.97 Å². The van der Waals surface area contributed by atoms with Crippen LogP contribution in [0.1, 0.15) is 15.9 Å². The van der Waals surface area contributed by atoms with Crippen molar-refractivity contribution < 1.29 is 9.90 Å². The molecule has 2 rings (SSSR count). The SMILES string of the molecule is CN(Cc1ccncc1)c1nccc(C(=O)O)c1N. The average Bonchev–Trinajstić information content (AvgIpc) is 2.39. The highest BCUT2D eigenvalue weighted by Gasteiger charge is 2.15. The number of aromatic nitrogens is 2. The number of carbonyl (C=O) groups is 1. The van der Waals surface area contributed by atoms with E-state index in [0.29, 0.717) is 12.4 Å². The monoisotopic (exact) mass is 258 g/mol. The molecule has 0 aromatic carbocycles. The van der Waals surface area contributed by atoms with Gasteiger partial charge in [0, 0.05) is 32.2 Å². The van der Waals surface area contributed by atoms with Crippen LogP contribution in [0, 0.1) is 0 Å². The third kappa shape index (κ3) is 2.79. The first-order valence-electron chi connectivity index (χ1n) is 5.67. The van der Waals surface area contributed by atoms with E-state index < -0.39 is 5.97 Å². The Bertz CT molecular complexity index is 586. The van der Waals surface area contributed by atoms with E-state index in [1.165, 1.54) is 12.3 Å². The fourth-order valence-corrected chi connectivity index (χ4v) is 1.79. The van der Waals surface area contributed by atoms with Crippen LogP contribution < -0.4 is 10.6 Å². The number of hydrogen-bond acceptors (Lipinski definition) is 5. The molecule has 3 N–H and O–H groups in total. The third-order valence-electron chi connectivity index (χ3n) is 2.73. The summed E-state index contributed by atoms with van der Waals surface area (Å²) in [5, 5.41) is 9.03. The van der Waals surface area contributed by atoms with E-state index in [9.17, 15) is 4.79 Å². The summed E-state index contributed by atoms with van der Waals surface area (Å²) in [7, 11) is 1.81. The standard InChI is InChI=1S/C13H14N4O2/c1-17(8-9-2-5-15-6-3-9)12-11(14)10(13(18)19)4-7-16-12/h2-7H,8,14H2,1H3,(H,18,19). The smallest absolute Gasteiger partial charge is 0.337 e. The molecule has 0 spiro atoms. The Morgan fingerprint density at radius 3 is 2.63 bits per heavy atom. The summed E-state index contributed by atoms with van der Waals surface area (Å²) in [6.07, 6.45) is 4.85. The van der Waals surface area contributed by atoms with E-state index >= 15 is 0 Å². The van der Waals surface area contributed by atoms with Gasteiger partial charge < -0.3 is 15.7 Å². The second-order valence-electron chi connectivity index (χ2n) is 4.11. The first-order valence-corrected chi connectivity index (χ1v) is 5.67. The van der Waals surface area contributed by atoms with Crippen LogP contribution in [0.5, 0.6) is 0 Å². The van der Waals surface area contributed by atoms with Crippen molar-refractivity contribution in [3.8, 4) is 0 Å². The van der Waals surface area contributed by atoms with E-state index in [1.54, 1.807) is 17.3 Å². The van der Waals surface area contributed by atoms with Crippen LogP contribution in [-0.4, -0.2) is 28.1 Å². The number of nitrogens with two attached hydrogens (primary N) is 1. The zero-order chi connectivity index (χ0) is 13.8. The number of anilines is 2. The third-order valence-corrected chi connectivity index (χ3v) is 2.73. The van der Waals surface area contributed by atoms with Gasteiger partial charge in [0.25, 0.3) is 0 Å². The van der Waals surface area contributed by atoms with Crippen molar-refractivity contribution >= 4 is 17.5 Å². The molecule has 0 atom stereocenters. The van der Waals surface area contributed by atoms with Gasteiger partial charge in [0.2, 0.25) is 0 Å². The number of carboxylic acid groups (broad SMARTS) is 1. The largest absolute Gasteiger partial charge is 0.478 e. The van der Waals surface area contributed by atoms with Crippen molar-refractivity contribution in [3.05, 3.63) is 47.9 Å². The second kappa shape index (κ2) is 5.34. The van der Waals surface area contributed by atoms with Crippen molar-refractivity contribution in [2.45, 2.75) is 6.54 Å². The lowest BCUT2D eigenvalue weighted by atomic mass is 10.2. The quantitative estimate of drug-likeness (QED) is 0.861. The average molecular weight is 258 g/mol. The molecule has 2 heterocycles. The topological polar surface area (TPSA) is 92.3 Å². The van der Waals surface area contributed by atoms with Crippen LogP contribution in [0.25, 0.3) is 0 Å². The molecule has 0 radical (unpaired) electrons. The maximum Gasteiger partial charge on any atom is 0.337 e. The summed E-state index contributed by atoms with van der Waals surface area (Å²) in [6.45, 7) is 0.572. The first kappa shape index (κ1) is 12.8. The van der Waals surface area contributed by atoms with Gasteiger partial charge in [-0.1, -0.05) is 0 Å². The summed E-state index contributed by atoms with van der Waals surface area (Å²) >= 11 is 0. The van der Waals surface area contributed by atoms with Crippen LogP contribution >= 0.6 is 0 Å².